The molecule has 3 N–H and O–H groups in total. The summed E-state index contributed by atoms with van der Waals surface area (Å²) in [6.07, 6.45) is 2.37. The SMILES string of the molecule is Cc1ccc(S(=O)(=O)NC(Cc2ccccc2)C(=O)Nc2ccc(C3OC(CSc4ncccn4)C(C)C(c4ccc(CO)cc4)O3)cc2)cc1. The summed E-state index contributed by atoms with van der Waals surface area (Å²) >= 11 is 1.51. The Labute approximate surface area is 302 Å². The van der Waals surface area contributed by atoms with Crippen LogP contribution >= 0.6 is 11.8 Å². The maximum absolute atomic E-state index is 13.7. The first kappa shape index (κ1) is 36.4. The molecule has 6 rings (SSSR count). The smallest absolute Gasteiger partial charge is 0.242 e. The van der Waals surface area contributed by atoms with Gasteiger partial charge in [0.25, 0.3) is 0 Å². The number of hydrogen-bond acceptors (Lipinski definition) is 9. The Kier molecular flexibility index (Phi) is 11.9. The molecule has 5 unspecified atom stereocenters. The van der Waals surface area contributed by atoms with Crippen LogP contribution in [0.3, 0.4) is 0 Å². The highest BCUT2D eigenvalue weighted by Gasteiger charge is 2.38. The number of benzene rings is 4. The monoisotopic (exact) mass is 724 g/mol. The normalized spacial score (nSPS) is 19.7. The van der Waals surface area contributed by atoms with Crippen LogP contribution in [0.25, 0.3) is 0 Å². The van der Waals surface area contributed by atoms with E-state index in [1.54, 1.807) is 42.7 Å². The van der Waals surface area contributed by atoms with Crippen molar-refractivity contribution in [3.63, 3.8) is 0 Å². The summed E-state index contributed by atoms with van der Waals surface area (Å²) < 4.78 is 42.4. The summed E-state index contributed by atoms with van der Waals surface area (Å²) in [5.74, 6) is 0.0974. The highest BCUT2D eigenvalue weighted by Crippen LogP contribution is 2.43. The summed E-state index contributed by atoms with van der Waals surface area (Å²) in [7, 11) is -3.99. The number of ether oxygens (including phenoxy) is 2. The number of nitrogens with zero attached hydrogens (tertiary/aromatic N) is 2. The Morgan fingerprint density at radius 2 is 1.51 bits per heavy atom. The van der Waals surface area contributed by atoms with E-state index in [0.717, 1.165) is 27.8 Å². The van der Waals surface area contributed by atoms with Crippen LogP contribution in [0.4, 0.5) is 5.69 Å². The van der Waals surface area contributed by atoms with Crippen molar-refractivity contribution < 1.29 is 27.8 Å². The second-order valence-electron chi connectivity index (χ2n) is 12.5. The fourth-order valence-electron chi connectivity index (χ4n) is 5.79. The van der Waals surface area contributed by atoms with E-state index < -0.39 is 28.3 Å². The number of aryl methyl sites for hydroxylation is 1. The Hall–Kier alpha value is -4.43. The highest BCUT2D eigenvalue weighted by atomic mass is 32.2. The number of nitrogens with one attached hydrogen (secondary N) is 2. The largest absolute Gasteiger partial charge is 0.392 e. The molecule has 1 amide bonds. The number of carbonyl (C=O) groups excluding carboxylic acids is 1. The third kappa shape index (κ3) is 9.47. The van der Waals surface area contributed by atoms with Crippen molar-refractivity contribution >= 4 is 33.4 Å². The summed E-state index contributed by atoms with van der Waals surface area (Å²) in [5, 5.41) is 13.1. The van der Waals surface area contributed by atoms with Crippen molar-refractivity contribution in [3.05, 3.63) is 149 Å². The van der Waals surface area contributed by atoms with Gasteiger partial charge in [-0.2, -0.15) is 4.72 Å². The van der Waals surface area contributed by atoms with E-state index in [1.807, 2.05) is 73.7 Å². The molecule has 12 heteroatoms. The second kappa shape index (κ2) is 16.7. The minimum Gasteiger partial charge on any atom is -0.392 e. The van der Waals surface area contributed by atoms with Gasteiger partial charge in [-0.1, -0.05) is 103 Å². The number of rotatable bonds is 13. The van der Waals surface area contributed by atoms with Gasteiger partial charge in [-0.3, -0.25) is 4.79 Å². The standard InChI is InChI=1S/C39H40N4O6S2/c1-26-9-19-33(20-10-26)51(46,47)43-34(23-28-7-4-3-5-8-28)37(45)42-32-17-15-31(16-18-32)38-48-35(25-50-39-40-21-6-22-41-39)27(2)36(49-38)30-13-11-29(24-44)12-14-30/h3-22,27,34-36,38,43-44H,23-25H2,1-2H3,(H,42,45). The number of aliphatic hydroxyl groups is 1. The van der Waals surface area contributed by atoms with Gasteiger partial charge < -0.3 is 19.9 Å². The molecule has 0 aliphatic carbocycles. The zero-order valence-electron chi connectivity index (χ0n) is 28.3. The molecule has 0 radical (unpaired) electrons. The molecule has 1 saturated heterocycles. The zero-order chi connectivity index (χ0) is 35.8. The number of sulfonamides is 1. The first-order valence-electron chi connectivity index (χ1n) is 16.6. The fourth-order valence-corrected chi connectivity index (χ4v) is 7.95. The number of hydrogen-bond donors (Lipinski definition) is 3. The van der Waals surface area contributed by atoms with Crippen molar-refractivity contribution in [2.24, 2.45) is 5.92 Å². The van der Waals surface area contributed by atoms with Crippen LogP contribution in [0.2, 0.25) is 0 Å². The average Bonchev–Trinajstić information content (AvgIpc) is 3.15. The summed E-state index contributed by atoms with van der Waals surface area (Å²) in [6, 6.07) is 31.3. The van der Waals surface area contributed by atoms with Crippen LogP contribution in [0.15, 0.2) is 132 Å². The predicted octanol–water partition coefficient (Wildman–Crippen LogP) is 6.39. The molecule has 0 spiro atoms. The van der Waals surface area contributed by atoms with Gasteiger partial charge in [-0.05, 0) is 60.4 Å². The third-order valence-electron chi connectivity index (χ3n) is 8.72. The van der Waals surface area contributed by atoms with E-state index >= 15 is 0 Å². The molecule has 1 aliphatic rings. The van der Waals surface area contributed by atoms with Gasteiger partial charge in [0.15, 0.2) is 11.4 Å². The molecule has 0 saturated carbocycles. The van der Waals surface area contributed by atoms with Crippen LogP contribution in [0.5, 0.6) is 0 Å². The lowest BCUT2D eigenvalue weighted by atomic mass is 9.91. The Morgan fingerprint density at radius 3 is 2.18 bits per heavy atom. The Morgan fingerprint density at radius 1 is 0.843 bits per heavy atom. The molecule has 0 bridgehead atoms. The van der Waals surface area contributed by atoms with Crippen LogP contribution in [-0.2, 0) is 37.3 Å². The second-order valence-corrected chi connectivity index (χ2v) is 15.2. The minimum absolute atomic E-state index is 0.0127. The quantitative estimate of drug-likeness (QED) is 0.0932. The molecule has 2 heterocycles. The van der Waals surface area contributed by atoms with Crippen LogP contribution in [0.1, 0.15) is 47.1 Å². The maximum Gasteiger partial charge on any atom is 0.242 e. The van der Waals surface area contributed by atoms with Crippen molar-refractivity contribution in [1.29, 1.82) is 0 Å². The van der Waals surface area contributed by atoms with E-state index in [1.165, 1.54) is 23.9 Å². The molecule has 5 aromatic rings. The number of carbonyl (C=O) groups is 1. The number of anilines is 1. The predicted molar refractivity (Wildman–Crippen MR) is 196 cm³/mol. The molecule has 51 heavy (non-hydrogen) atoms. The third-order valence-corrected chi connectivity index (χ3v) is 11.2. The molecular weight excluding hydrogens is 685 g/mol. The van der Waals surface area contributed by atoms with Crippen LogP contribution in [0, 0.1) is 12.8 Å². The van der Waals surface area contributed by atoms with Crippen molar-refractivity contribution in [2.75, 3.05) is 11.1 Å². The lowest BCUT2D eigenvalue weighted by Crippen LogP contribution is -2.45. The van der Waals surface area contributed by atoms with E-state index in [0.29, 0.717) is 16.6 Å². The highest BCUT2D eigenvalue weighted by molar-refractivity contribution is 7.99. The molecule has 1 aromatic heterocycles. The molecule has 10 nitrogen and oxygen atoms in total. The van der Waals surface area contributed by atoms with Gasteiger partial charge in [0, 0.05) is 35.3 Å². The molecule has 1 fully saturated rings. The molecular formula is C39H40N4O6S2. The molecule has 264 valence electrons. The lowest BCUT2D eigenvalue weighted by Gasteiger charge is -2.41. The molecule has 5 atom stereocenters. The maximum atomic E-state index is 13.7. The fraction of sp³-hybridized carbons (Fsp3) is 0.256. The van der Waals surface area contributed by atoms with Gasteiger partial charge in [0.05, 0.1) is 23.7 Å². The van der Waals surface area contributed by atoms with Gasteiger partial charge in [0.1, 0.15) is 6.04 Å². The summed E-state index contributed by atoms with van der Waals surface area (Å²) in [6.45, 7) is 3.93. The summed E-state index contributed by atoms with van der Waals surface area (Å²) in [5.41, 5.74) is 4.77. The Balaban J connectivity index is 1.19. The first-order valence-corrected chi connectivity index (χ1v) is 19.1. The minimum atomic E-state index is -3.99. The van der Waals surface area contributed by atoms with E-state index in [-0.39, 0.29) is 36.0 Å². The zero-order valence-corrected chi connectivity index (χ0v) is 29.9. The van der Waals surface area contributed by atoms with Gasteiger partial charge in [-0.25, -0.2) is 18.4 Å². The van der Waals surface area contributed by atoms with Crippen LogP contribution < -0.4 is 10.0 Å². The topological polar surface area (TPSA) is 140 Å². The van der Waals surface area contributed by atoms with Crippen molar-refractivity contribution in [2.45, 2.75) is 61.5 Å². The van der Waals surface area contributed by atoms with Gasteiger partial charge >= 0.3 is 0 Å². The van der Waals surface area contributed by atoms with Crippen molar-refractivity contribution in [1.82, 2.24) is 14.7 Å². The number of thioether (sulfide) groups is 1. The van der Waals surface area contributed by atoms with Crippen molar-refractivity contribution in [3.8, 4) is 0 Å². The molecule has 4 aromatic carbocycles. The van der Waals surface area contributed by atoms with Gasteiger partial charge in [-0.15, -0.1) is 0 Å². The molecule has 1 aliphatic heterocycles. The average molecular weight is 725 g/mol. The number of aromatic nitrogens is 2. The van der Waals surface area contributed by atoms with E-state index in [4.69, 9.17) is 9.47 Å². The lowest BCUT2D eigenvalue weighted by molar-refractivity contribution is -0.268. The first-order chi connectivity index (χ1) is 24.7. The number of aliphatic hydroxyl groups excluding tert-OH is 1. The van der Waals surface area contributed by atoms with E-state index in [2.05, 4.69) is 26.9 Å². The number of amides is 1. The summed E-state index contributed by atoms with van der Waals surface area (Å²) in [4.78, 5) is 22.4. The van der Waals surface area contributed by atoms with Crippen LogP contribution in [-0.4, -0.2) is 47.3 Å². The Bertz CT molecular complexity index is 1980. The van der Waals surface area contributed by atoms with Gasteiger partial charge in [0.2, 0.25) is 15.9 Å². The van der Waals surface area contributed by atoms with E-state index in [9.17, 15) is 18.3 Å².